The highest BCUT2D eigenvalue weighted by atomic mass is 35.5. The van der Waals surface area contributed by atoms with Crippen LogP contribution in [0.2, 0.25) is 10.0 Å². The maximum atomic E-state index is 12.7. The molecular formula is C18H13Cl2NO2S2. The van der Waals surface area contributed by atoms with Crippen LogP contribution in [0, 0.1) is 0 Å². The van der Waals surface area contributed by atoms with E-state index in [1.165, 1.54) is 23.9 Å². The third kappa shape index (κ3) is 4.50. The first kappa shape index (κ1) is 18.1. The fraction of sp³-hybridized carbons (Fsp3) is 0. The zero-order valence-electron chi connectivity index (χ0n) is 12.8. The summed E-state index contributed by atoms with van der Waals surface area (Å²) in [6.45, 7) is 0. The van der Waals surface area contributed by atoms with Crippen LogP contribution < -0.4 is 4.72 Å². The first-order valence-electron chi connectivity index (χ1n) is 7.25. The predicted molar refractivity (Wildman–Crippen MR) is 104 cm³/mol. The van der Waals surface area contributed by atoms with Gasteiger partial charge in [0.05, 0.1) is 10.7 Å². The molecule has 0 bridgehead atoms. The van der Waals surface area contributed by atoms with E-state index in [0.29, 0.717) is 10.7 Å². The summed E-state index contributed by atoms with van der Waals surface area (Å²) < 4.78 is 28.0. The number of sulfonamides is 1. The molecule has 25 heavy (non-hydrogen) atoms. The Morgan fingerprint density at radius 3 is 2.28 bits per heavy atom. The van der Waals surface area contributed by atoms with Gasteiger partial charge in [-0.05, 0) is 42.5 Å². The van der Waals surface area contributed by atoms with Gasteiger partial charge in [0, 0.05) is 14.8 Å². The van der Waals surface area contributed by atoms with E-state index in [1.807, 2.05) is 42.5 Å². The molecule has 0 saturated heterocycles. The lowest BCUT2D eigenvalue weighted by Crippen LogP contribution is -2.14. The van der Waals surface area contributed by atoms with E-state index in [2.05, 4.69) is 4.72 Å². The molecule has 0 heterocycles. The smallest absolute Gasteiger partial charge is 0.263 e. The van der Waals surface area contributed by atoms with E-state index in [-0.39, 0.29) is 9.92 Å². The minimum Gasteiger partial charge on any atom is -0.278 e. The summed E-state index contributed by atoms with van der Waals surface area (Å²) in [6.07, 6.45) is 0. The number of nitrogens with one attached hydrogen (secondary N) is 1. The van der Waals surface area contributed by atoms with Crippen LogP contribution in [-0.4, -0.2) is 8.42 Å². The molecular weight excluding hydrogens is 397 g/mol. The molecule has 0 unspecified atom stereocenters. The van der Waals surface area contributed by atoms with Crippen LogP contribution in [0.5, 0.6) is 0 Å². The molecule has 7 heteroatoms. The van der Waals surface area contributed by atoms with Crippen molar-refractivity contribution < 1.29 is 8.42 Å². The van der Waals surface area contributed by atoms with Gasteiger partial charge in [-0.1, -0.05) is 65.3 Å². The van der Waals surface area contributed by atoms with Gasteiger partial charge in [-0.25, -0.2) is 8.42 Å². The maximum absolute atomic E-state index is 12.7. The third-order valence-corrected chi connectivity index (χ3v) is 6.45. The molecule has 0 aliphatic rings. The Hall–Kier alpha value is -1.66. The zero-order valence-corrected chi connectivity index (χ0v) is 16.0. The Labute approximate surface area is 161 Å². The molecule has 1 N–H and O–H groups in total. The predicted octanol–water partition coefficient (Wildman–Crippen LogP) is 5.95. The average molecular weight is 410 g/mol. The second-order valence-corrected chi connectivity index (χ2v) is 8.70. The monoisotopic (exact) mass is 409 g/mol. The van der Waals surface area contributed by atoms with Crippen LogP contribution in [0.15, 0.2) is 87.5 Å². The van der Waals surface area contributed by atoms with Gasteiger partial charge in [-0.3, -0.25) is 4.72 Å². The van der Waals surface area contributed by atoms with Crippen LogP contribution in [0.25, 0.3) is 0 Å². The fourth-order valence-electron chi connectivity index (χ4n) is 2.14. The Kier molecular flexibility index (Phi) is 5.59. The van der Waals surface area contributed by atoms with Crippen LogP contribution in [0.4, 0.5) is 5.69 Å². The van der Waals surface area contributed by atoms with Gasteiger partial charge in [0.25, 0.3) is 10.0 Å². The van der Waals surface area contributed by atoms with Crippen molar-refractivity contribution in [1.82, 2.24) is 0 Å². The number of anilines is 1. The molecule has 128 valence electrons. The van der Waals surface area contributed by atoms with Crippen molar-refractivity contribution >= 4 is 50.7 Å². The number of para-hydroxylation sites is 1. The standard InChI is InChI=1S/C18H13Cl2NO2S2/c19-13-10-11-15(20)18(12-13)25(22,23)21-16-8-4-5-9-17(16)24-14-6-2-1-3-7-14/h1-12,21H. The molecule has 0 fully saturated rings. The van der Waals surface area contributed by atoms with Crippen LogP contribution >= 0.6 is 35.0 Å². The molecule has 0 aromatic heterocycles. The molecule has 0 spiro atoms. The first-order valence-corrected chi connectivity index (χ1v) is 10.3. The van der Waals surface area contributed by atoms with Crippen molar-refractivity contribution in [1.29, 1.82) is 0 Å². The van der Waals surface area contributed by atoms with Crippen molar-refractivity contribution in [2.45, 2.75) is 14.7 Å². The highest BCUT2D eigenvalue weighted by Gasteiger charge is 2.20. The van der Waals surface area contributed by atoms with Gasteiger partial charge in [-0.2, -0.15) is 0 Å². The summed E-state index contributed by atoms with van der Waals surface area (Å²) in [6, 6.07) is 21.2. The molecule has 0 aliphatic carbocycles. The van der Waals surface area contributed by atoms with Gasteiger partial charge in [0.15, 0.2) is 0 Å². The van der Waals surface area contributed by atoms with Crippen LogP contribution in [0.3, 0.4) is 0 Å². The summed E-state index contributed by atoms with van der Waals surface area (Å²) in [4.78, 5) is 1.74. The summed E-state index contributed by atoms with van der Waals surface area (Å²) >= 11 is 13.4. The minimum atomic E-state index is -3.86. The van der Waals surface area contributed by atoms with Crippen molar-refractivity contribution in [2.24, 2.45) is 0 Å². The van der Waals surface area contributed by atoms with E-state index in [0.717, 1.165) is 9.79 Å². The second-order valence-electron chi connectivity index (χ2n) is 5.09. The van der Waals surface area contributed by atoms with Gasteiger partial charge in [0.2, 0.25) is 0 Å². The van der Waals surface area contributed by atoms with Gasteiger partial charge < -0.3 is 0 Å². The summed E-state index contributed by atoms with van der Waals surface area (Å²) in [5, 5.41) is 0.418. The lowest BCUT2D eigenvalue weighted by atomic mass is 10.3. The van der Waals surface area contributed by atoms with E-state index in [1.54, 1.807) is 18.2 Å². The Balaban J connectivity index is 1.94. The molecule has 0 aliphatic heterocycles. The Morgan fingerprint density at radius 2 is 1.52 bits per heavy atom. The van der Waals surface area contributed by atoms with E-state index >= 15 is 0 Å². The fourth-order valence-corrected chi connectivity index (χ4v) is 4.97. The lowest BCUT2D eigenvalue weighted by Gasteiger charge is -2.13. The molecule has 0 radical (unpaired) electrons. The molecule has 3 rings (SSSR count). The van der Waals surface area contributed by atoms with Crippen molar-refractivity contribution in [3.63, 3.8) is 0 Å². The van der Waals surface area contributed by atoms with E-state index in [9.17, 15) is 8.42 Å². The van der Waals surface area contributed by atoms with Gasteiger partial charge in [0.1, 0.15) is 4.90 Å². The molecule has 0 saturated carbocycles. The van der Waals surface area contributed by atoms with E-state index in [4.69, 9.17) is 23.2 Å². The van der Waals surface area contributed by atoms with E-state index < -0.39 is 10.0 Å². The van der Waals surface area contributed by atoms with Crippen molar-refractivity contribution in [2.75, 3.05) is 4.72 Å². The molecule has 3 aromatic carbocycles. The lowest BCUT2D eigenvalue weighted by molar-refractivity contribution is 0.601. The Bertz CT molecular complexity index is 993. The largest absolute Gasteiger partial charge is 0.278 e. The van der Waals surface area contributed by atoms with Crippen molar-refractivity contribution in [3.05, 3.63) is 82.8 Å². The zero-order chi connectivity index (χ0) is 17.9. The van der Waals surface area contributed by atoms with Gasteiger partial charge in [-0.15, -0.1) is 0 Å². The SMILES string of the molecule is O=S(=O)(Nc1ccccc1Sc1ccccc1)c1cc(Cl)ccc1Cl. The number of hydrogen-bond donors (Lipinski definition) is 1. The number of benzene rings is 3. The second kappa shape index (κ2) is 7.70. The summed E-state index contributed by atoms with van der Waals surface area (Å²) in [7, 11) is -3.86. The molecule has 3 nitrogen and oxygen atoms in total. The summed E-state index contributed by atoms with van der Waals surface area (Å²) in [5.41, 5.74) is 0.479. The minimum absolute atomic E-state index is 0.0545. The summed E-state index contributed by atoms with van der Waals surface area (Å²) in [5.74, 6) is 0. The maximum Gasteiger partial charge on any atom is 0.263 e. The topological polar surface area (TPSA) is 46.2 Å². The highest BCUT2D eigenvalue weighted by Crippen LogP contribution is 2.35. The third-order valence-electron chi connectivity index (χ3n) is 3.29. The first-order chi connectivity index (χ1) is 12.0. The highest BCUT2D eigenvalue weighted by molar-refractivity contribution is 7.99. The quantitative estimate of drug-likeness (QED) is 0.566. The number of hydrogen-bond acceptors (Lipinski definition) is 3. The Morgan fingerprint density at radius 1 is 0.840 bits per heavy atom. The number of halogens is 2. The normalized spacial score (nSPS) is 11.3. The molecule has 0 atom stereocenters. The van der Waals surface area contributed by atoms with Crippen LogP contribution in [0.1, 0.15) is 0 Å². The molecule has 3 aromatic rings. The van der Waals surface area contributed by atoms with Crippen LogP contribution in [-0.2, 0) is 10.0 Å². The van der Waals surface area contributed by atoms with Crippen molar-refractivity contribution in [3.8, 4) is 0 Å². The average Bonchev–Trinajstić information content (AvgIpc) is 2.59. The molecule has 0 amide bonds. The number of rotatable bonds is 5. The van der Waals surface area contributed by atoms with Gasteiger partial charge >= 0.3 is 0 Å².